The Morgan fingerprint density at radius 1 is 0.655 bits per heavy atom. The van der Waals surface area contributed by atoms with Crippen molar-refractivity contribution in [3.8, 4) is 22.3 Å². The predicted molar refractivity (Wildman–Crippen MR) is 123 cm³/mol. The Hall–Kier alpha value is -3.16. The summed E-state index contributed by atoms with van der Waals surface area (Å²) in [7, 11) is 0. The number of fused-ring (bicyclic) bond motifs is 3. The highest BCUT2D eigenvalue weighted by Gasteiger charge is 2.21. The van der Waals surface area contributed by atoms with Crippen molar-refractivity contribution < 1.29 is 0 Å². The Balaban J connectivity index is 1.76. The van der Waals surface area contributed by atoms with Crippen molar-refractivity contribution in [3.63, 3.8) is 0 Å². The van der Waals surface area contributed by atoms with Crippen molar-refractivity contribution >= 4 is 17.3 Å². The van der Waals surface area contributed by atoms with Crippen LogP contribution in [0.15, 0.2) is 96.0 Å². The zero-order chi connectivity index (χ0) is 19.8. The smallest absolute Gasteiger partial charge is 0.0729 e. The van der Waals surface area contributed by atoms with Crippen LogP contribution in [-0.4, -0.2) is 5.71 Å². The van der Waals surface area contributed by atoms with Crippen LogP contribution in [0.3, 0.4) is 0 Å². The van der Waals surface area contributed by atoms with Gasteiger partial charge < -0.3 is 0 Å². The van der Waals surface area contributed by atoms with E-state index in [-0.39, 0.29) is 0 Å². The van der Waals surface area contributed by atoms with Crippen molar-refractivity contribution in [2.75, 3.05) is 0 Å². The van der Waals surface area contributed by atoms with E-state index in [0.717, 1.165) is 21.9 Å². The molecule has 0 N–H and O–H groups in total. The molecule has 1 heterocycles. The minimum atomic E-state index is 0.635. The monoisotopic (exact) mass is 393 g/mol. The molecule has 0 aromatic heterocycles. The topological polar surface area (TPSA) is 12.4 Å². The van der Waals surface area contributed by atoms with E-state index >= 15 is 0 Å². The minimum Gasteiger partial charge on any atom is -0.279 e. The van der Waals surface area contributed by atoms with Gasteiger partial charge in [0, 0.05) is 16.1 Å². The van der Waals surface area contributed by atoms with Gasteiger partial charge in [-0.15, -0.1) is 0 Å². The van der Waals surface area contributed by atoms with Gasteiger partial charge in [-0.05, 0) is 46.9 Å². The van der Waals surface area contributed by atoms with Crippen LogP contribution < -0.4 is 0 Å². The molecule has 0 unspecified atom stereocenters. The summed E-state index contributed by atoms with van der Waals surface area (Å²) in [6.07, 6.45) is 0. The van der Waals surface area contributed by atoms with E-state index in [1.165, 1.54) is 33.4 Å². The molecule has 0 spiro atoms. The number of aliphatic imine (C=N–C) groups is 1. The number of hydrogen-bond donors (Lipinski definition) is 0. The zero-order valence-corrected chi connectivity index (χ0v) is 16.9. The SMILES string of the molecule is Cc1ccc(-c2cccc3c2CN=C(c2ccccc2)c2cc(Cl)ccc2-3)cc1. The Morgan fingerprint density at radius 2 is 1.41 bits per heavy atom. The summed E-state index contributed by atoms with van der Waals surface area (Å²) < 4.78 is 0. The van der Waals surface area contributed by atoms with Gasteiger partial charge in [0.2, 0.25) is 0 Å². The minimum absolute atomic E-state index is 0.635. The Bertz CT molecular complexity index is 1220. The highest BCUT2D eigenvalue weighted by Crippen LogP contribution is 2.38. The first kappa shape index (κ1) is 17.9. The fourth-order valence-electron chi connectivity index (χ4n) is 4.05. The quantitative estimate of drug-likeness (QED) is 0.338. The molecule has 0 atom stereocenters. The average molecular weight is 394 g/mol. The lowest BCUT2D eigenvalue weighted by atomic mass is 9.89. The third-order valence-electron chi connectivity index (χ3n) is 5.51. The first-order valence-corrected chi connectivity index (χ1v) is 10.2. The number of nitrogens with zero attached hydrogens (tertiary/aromatic N) is 1. The van der Waals surface area contributed by atoms with Gasteiger partial charge in [0.25, 0.3) is 0 Å². The maximum atomic E-state index is 6.40. The van der Waals surface area contributed by atoms with E-state index in [4.69, 9.17) is 16.6 Å². The number of rotatable bonds is 2. The molecule has 0 saturated carbocycles. The molecule has 5 rings (SSSR count). The molecule has 4 aromatic rings. The Kier molecular flexibility index (Phi) is 4.54. The van der Waals surface area contributed by atoms with Gasteiger partial charge in [-0.1, -0.05) is 96.0 Å². The van der Waals surface area contributed by atoms with Crippen molar-refractivity contribution in [1.29, 1.82) is 0 Å². The maximum Gasteiger partial charge on any atom is 0.0729 e. The fourth-order valence-corrected chi connectivity index (χ4v) is 4.22. The van der Waals surface area contributed by atoms with Crippen LogP contribution in [0, 0.1) is 6.92 Å². The molecule has 0 saturated heterocycles. The van der Waals surface area contributed by atoms with E-state index in [2.05, 4.69) is 79.7 Å². The van der Waals surface area contributed by atoms with Gasteiger partial charge in [0.15, 0.2) is 0 Å². The molecule has 1 aliphatic heterocycles. The van der Waals surface area contributed by atoms with Crippen LogP contribution in [0.1, 0.15) is 22.3 Å². The molecule has 0 fully saturated rings. The molecule has 1 aliphatic rings. The van der Waals surface area contributed by atoms with E-state index in [1.54, 1.807) is 0 Å². The van der Waals surface area contributed by atoms with E-state index < -0.39 is 0 Å². The largest absolute Gasteiger partial charge is 0.279 e. The molecule has 29 heavy (non-hydrogen) atoms. The molecule has 4 aromatic carbocycles. The van der Waals surface area contributed by atoms with Crippen molar-refractivity contribution in [3.05, 3.63) is 118 Å². The van der Waals surface area contributed by atoms with Gasteiger partial charge in [-0.3, -0.25) is 4.99 Å². The first-order valence-electron chi connectivity index (χ1n) is 9.80. The Labute approximate surface area is 176 Å². The zero-order valence-electron chi connectivity index (χ0n) is 16.2. The highest BCUT2D eigenvalue weighted by atomic mass is 35.5. The number of benzene rings is 4. The number of aryl methyl sites for hydroxylation is 1. The molecule has 0 amide bonds. The summed E-state index contributed by atoms with van der Waals surface area (Å²) in [6, 6.07) is 31.7. The second-order valence-corrected chi connectivity index (χ2v) is 7.85. The van der Waals surface area contributed by atoms with Gasteiger partial charge >= 0.3 is 0 Å². The third-order valence-corrected chi connectivity index (χ3v) is 5.74. The van der Waals surface area contributed by atoms with Crippen LogP contribution in [0.5, 0.6) is 0 Å². The van der Waals surface area contributed by atoms with Crippen molar-refractivity contribution in [2.45, 2.75) is 13.5 Å². The second-order valence-electron chi connectivity index (χ2n) is 7.42. The normalized spacial score (nSPS) is 12.6. The lowest BCUT2D eigenvalue weighted by molar-refractivity contribution is 1.08. The summed E-state index contributed by atoms with van der Waals surface area (Å²) in [5, 5.41) is 0.727. The summed E-state index contributed by atoms with van der Waals surface area (Å²) >= 11 is 6.40. The summed E-state index contributed by atoms with van der Waals surface area (Å²) in [5.41, 5.74) is 10.6. The predicted octanol–water partition coefficient (Wildman–Crippen LogP) is 7.33. The van der Waals surface area contributed by atoms with Crippen LogP contribution >= 0.6 is 11.6 Å². The molecule has 0 aliphatic carbocycles. The number of hydrogen-bond acceptors (Lipinski definition) is 1. The molecule has 2 heteroatoms. The van der Waals surface area contributed by atoms with Crippen molar-refractivity contribution in [1.82, 2.24) is 0 Å². The molecule has 0 bridgehead atoms. The van der Waals surface area contributed by atoms with Crippen molar-refractivity contribution in [2.24, 2.45) is 4.99 Å². The molecular formula is C27H20ClN. The van der Waals surface area contributed by atoms with E-state index in [9.17, 15) is 0 Å². The standard InChI is InChI=1S/C27H20ClN/c1-18-10-12-19(13-11-18)22-8-5-9-23-24-15-14-21(28)16-25(24)27(29-17-26(22)23)20-6-3-2-4-7-20/h2-16H,17H2,1H3. The van der Waals surface area contributed by atoms with Crippen LogP contribution in [0.4, 0.5) is 0 Å². The number of halogens is 1. The lowest BCUT2D eigenvalue weighted by Gasteiger charge is -2.14. The lowest BCUT2D eigenvalue weighted by Crippen LogP contribution is -2.04. The van der Waals surface area contributed by atoms with Gasteiger partial charge in [-0.25, -0.2) is 0 Å². The van der Waals surface area contributed by atoms with Gasteiger partial charge in [-0.2, -0.15) is 0 Å². The van der Waals surface area contributed by atoms with E-state index in [0.29, 0.717) is 6.54 Å². The Morgan fingerprint density at radius 3 is 2.21 bits per heavy atom. The third kappa shape index (κ3) is 3.28. The van der Waals surface area contributed by atoms with Gasteiger partial charge in [0.05, 0.1) is 12.3 Å². The summed E-state index contributed by atoms with van der Waals surface area (Å²) in [4.78, 5) is 5.08. The van der Waals surface area contributed by atoms with Crippen LogP contribution in [0.2, 0.25) is 5.02 Å². The average Bonchev–Trinajstić information content (AvgIpc) is 2.91. The highest BCUT2D eigenvalue weighted by molar-refractivity contribution is 6.31. The van der Waals surface area contributed by atoms with Gasteiger partial charge in [0.1, 0.15) is 0 Å². The maximum absolute atomic E-state index is 6.40. The fraction of sp³-hybridized carbons (Fsp3) is 0.0741. The molecule has 0 radical (unpaired) electrons. The first-order chi connectivity index (χ1) is 14.2. The summed E-state index contributed by atoms with van der Waals surface area (Å²) in [6.45, 7) is 2.75. The molecule has 1 nitrogen and oxygen atoms in total. The summed E-state index contributed by atoms with van der Waals surface area (Å²) in [5.74, 6) is 0. The molecular weight excluding hydrogens is 374 g/mol. The van der Waals surface area contributed by atoms with E-state index in [1.807, 2.05) is 18.2 Å². The van der Waals surface area contributed by atoms with Crippen LogP contribution in [0.25, 0.3) is 22.3 Å². The van der Waals surface area contributed by atoms with Crippen LogP contribution in [-0.2, 0) is 6.54 Å². The second kappa shape index (κ2) is 7.35. The molecule has 140 valence electrons.